The lowest BCUT2D eigenvalue weighted by molar-refractivity contribution is 0.199. The number of hydrogen-bond donors (Lipinski definition) is 1. The molecule has 0 aliphatic rings. The minimum atomic E-state index is -0.611. The van der Waals surface area contributed by atoms with Gasteiger partial charge in [0.15, 0.2) is 0 Å². The van der Waals surface area contributed by atoms with E-state index in [0.29, 0.717) is 11.5 Å². The van der Waals surface area contributed by atoms with Crippen LogP contribution in [0.2, 0.25) is 0 Å². The van der Waals surface area contributed by atoms with Gasteiger partial charge in [-0.25, -0.2) is 4.39 Å². The average Bonchev–Trinajstić information content (AvgIpc) is 2.39. The maximum absolute atomic E-state index is 13.4. The third-order valence-corrected chi connectivity index (χ3v) is 2.66. The monoisotopic (exact) mass is 257 g/mol. The van der Waals surface area contributed by atoms with Crippen molar-refractivity contribution >= 4 is 0 Å². The number of aliphatic hydroxyl groups is 1. The lowest BCUT2D eigenvalue weighted by atomic mass is 10.1. The van der Waals surface area contributed by atoms with E-state index in [1.54, 1.807) is 37.3 Å². The fourth-order valence-corrected chi connectivity index (χ4v) is 1.60. The van der Waals surface area contributed by atoms with Crippen molar-refractivity contribution in [3.05, 3.63) is 59.4 Å². The highest BCUT2D eigenvalue weighted by Crippen LogP contribution is 2.24. The molecular weight excluding hydrogens is 245 g/mol. The highest BCUT2D eigenvalue weighted by molar-refractivity contribution is 5.39. The van der Waals surface area contributed by atoms with Crippen LogP contribution in [0.15, 0.2) is 42.5 Å². The molecule has 0 saturated heterocycles. The number of nitriles is 1. The van der Waals surface area contributed by atoms with E-state index in [0.717, 1.165) is 5.56 Å². The van der Waals surface area contributed by atoms with Crippen LogP contribution in [0.4, 0.5) is 4.39 Å². The van der Waals surface area contributed by atoms with Gasteiger partial charge in [0.1, 0.15) is 23.4 Å². The summed E-state index contributed by atoms with van der Waals surface area (Å²) in [6, 6.07) is 12.7. The third kappa shape index (κ3) is 3.09. The molecule has 1 N–H and O–H groups in total. The average molecular weight is 257 g/mol. The molecule has 19 heavy (non-hydrogen) atoms. The molecule has 0 unspecified atom stereocenters. The lowest BCUT2D eigenvalue weighted by Gasteiger charge is -2.08. The van der Waals surface area contributed by atoms with Gasteiger partial charge in [-0.1, -0.05) is 12.1 Å². The van der Waals surface area contributed by atoms with E-state index in [1.807, 2.05) is 0 Å². The predicted molar refractivity (Wildman–Crippen MR) is 68.3 cm³/mol. The summed E-state index contributed by atoms with van der Waals surface area (Å²) < 4.78 is 18.8. The zero-order valence-corrected chi connectivity index (χ0v) is 10.3. The summed E-state index contributed by atoms with van der Waals surface area (Å²) in [7, 11) is 0. The second-order valence-electron chi connectivity index (χ2n) is 4.10. The fraction of sp³-hybridized carbons (Fsp3) is 0.133. The Morgan fingerprint density at radius 2 is 1.79 bits per heavy atom. The van der Waals surface area contributed by atoms with Gasteiger partial charge in [0.25, 0.3) is 0 Å². The minimum absolute atomic E-state index is 0.0168. The standard InChI is InChI=1S/C15H12FNO2/c1-10(18)11-2-5-13(6-3-11)19-14-7-4-12(9-17)15(16)8-14/h2-8,10,18H,1H3/t10-/m0/s1. The van der Waals surface area contributed by atoms with Crippen molar-refractivity contribution in [2.24, 2.45) is 0 Å². The lowest BCUT2D eigenvalue weighted by Crippen LogP contribution is -1.91. The molecule has 0 amide bonds. The summed E-state index contributed by atoms with van der Waals surface area (Å²) in [6.45, 7) is 1.67. The van der Waals surface area contributed by atoms with Crippen molar-refractivity contribution in [3.63, 3.8) is 0 Å². The zero-order chi connectivity index (χ0) is 13.8. The molecule has 3 nitrogen and oxygen atoms in total. The molecular formula is C15H12FNO2. The van der Waals surface area contributed by atoms with Crippen molar-refractivity contribution in [2.45, 2.75) is 13.0 Å². The van der Waals surface area contributed by atoms with Gasteiger partial charge in [0.2, 0.25) is 0 Å². The Bertz CT molecular complexity index is 615. The first kappa shape index (κ1) is 13.1. The summed E-state index contributed by atoms with van der Waals surface area (Å²) in [5.74, 6) is 0.246. The molecule has 2 aromatic carbocycles. The smallest absolute Gasteiger partial charge is 0.144 e. The van der Waals surface area contributed by atoms with E-state index < -0.39 is 11.9 Å². The van der Waals surface area contributed by atoms with Gasteiger partial charge < -0.3 is 9.84 Å². The number of nitrogens with zero attached hydrogens (tertiary/aromatic N) is 1. The van der Waals surface area contributed by atoms with Gasteiger partial charge in [-0.3, -0.25) is 0 Å². The normalized spacial score (nSPS) is 11.7. The SMILES string of the molecule is C[C@H](O)c1ccc(Oc2ccc(C#N)c(F)c2)cc1. The van der Waals surface area contributed by atoms with Crippen LogP contribution in [0, 0.1) is 17.1 Å². The van der Waals surface area contributed by atoms with Crippen molar-refractivity contribution in [1.82, 2.24) is 0 Å². The summed E-state index contributed by atoms with van der Waals surface area (Å²) >= 11 is 0. The fourth-order valence-electron chi connectivity index (χ4n) is 1.60. The number of aliphatic hydroxyl groups excluding tert-OH is 1. The first-order valence-electron chi connectivity index (χ1n) is 5.75. The molecule has 0 radical (unpaired) electrons. The van der Waals surface area contributed by atoms with E-state index >= 15 is 0 Å². The summed E-state index contributed by atoms with van der Waals surface area (Å²) in [4.78, 5) is 0. The van der Waals surface area contributed by atoms with Crippen LogP contribution >= 0.6 is 0 Å². The van der Waals surface area contributed by atoms with Crippen LogP contribution in [0.1, 0.15) is 24.2 Å². The number of halogens is 1. The summed E-state index contributed by atoms with van der Waals surface area (Å²) in [5.41, 5.74) is 0.759. The maximum Gasteiger partial charge on any atom is 0.144 e. The van der Waals surface area contributed by atoms with E-state index in [4.69, 9.17) is 10.00 Å². The first-order valence-corrected chi connectivity index (χ1v) is 5.75. The second kappa shape index (κ2) is 5.51. The quantitative estimate of drug-likeness (QED) is 0.914. The van der Waals surface area contributed by atoms with Crippen molar-refractivity contribution in [3.8, 4) is 17.6 Å². The Kier molecular flexibility index (Phi) is 3.79. The summed E-state index contributed by atoms with van der Waals surface area (Å²) in [6.07, 6.45) is -0.540. The van der Waals surface area contributed by atoms with Gasteiger partial charge >= 0.3 is 0 Å². The van der Waals surface area contributed by atoms with Gasteiger partial charge in [-0.05, 0) is 36.8 Å². The Morgan fingerprint density at radius 3 is 2.32 bits per heavy atom. The van der Waals surface area contributed by atoms with Crippen LogP contribution in [-0.4, -0.2) is 5.11 Å². The second-order valence-corrected chi connectivity index (χ2v) is 4.10. The van der Waals surface area contributed by atoms with Crippen molar-refractivity contribution in [2.75, 3.05) is 0 Å². The van der Waals surface area contributed by atoms with Gasteiger partial charge in [0, 0.05) is 6.07 Å². The topological polar surface area (TPSA) is 53.2 Å². The van der Waals surface area contributed by atoms with Crippen molar-refractivity contribution in [1.29, 1.82) is 5.26 Å². The third-order valence-electron chi connectivity index (χ3n) is 2.66. The van der Waals surface area contributed by atoms with Gasteiger partial charge in [-0.15, -0.1) is 0 Å². The zero-order valence-electron chi connectivity index (χ0n) is 10.3. The van der Waals surface area contributed by atoms with Crippen LogP contribution in [0.5, 0.6) is 11.5 Å². The van der Waals surface area contributed by atoms with Gasteiger partial charge in [0.05, 0.1) is 11.7 Å². The molecule has 4 heteroatoms. The van der Waals surface area contributed by atoms with Crippen LogP contribution in [0.25, 0.3) is 0 Å². The minimum Gasteiger partial charge on any atom is -0.457 e. The van der Waals surface area contributed by atoms with E-state index in [2.05, 4.69) is 0 Å². The molecule has 0 saturated carbocycles. The molecule has 0 aliphatic heterocycles. The Labute approximate surface area is 110 Å². The predicted octanol–water partition coefficient (Wildman–Crippen LogP) is 3.54. The highest BCUT2D eigenvalue weighted by Gasteiger charge is 2.05. The van der Waals surface area contributed by atoms with E-state index in [-0.39, 0.29) is 5.56 Å². The molecule has 2 aromatic rings. The molecule has 0 spiro atoms. The molecule has 96 valence electrons. The van der Waals surface area contributed by atoms with Crippen LogP contribution < -0.4 is 4.74 Å². The summed E-state index contributed by atoms with van der Waals surface area (Å²) in [5, 5.41) is 18.0. The molecule has 0 bridgehead atoms. The van der Waals surface area contributed by atoms with Crippen LogP contribution in [-0.2, 0) is 0 Å². The Balaban J connectivity index is 2.17. The number of benzene rings is 2. The molecule has 2 rings (SSSR count). The number of ether oxygens (including phenoxy) is 1. The largest absolute Gasteiger partial charge is 0.457 e. The Hall–Kier alpha value is -2.38. The van der Waals surface area contributed by atoms with E-state index in [9.17, 15) is 9.50 Å². The van der Waals surface area contributed by atoms with E-state index in [1.165, 1.54) is 18.2 Å². The molecule has 0 heterocycles. The number of rotatable bonds is 3. The molecule has 0 aliphatic carbocycles. The van der Waals surface area contributed by atoms with Crippen molar-refractivity contribution < 1.29 is 14.2 Å². The van der Waals surface area contributed by atoms with Gasteiger partial charge in [-0.2, -0.15) is 5.26 Å². The molecule has 0 fully saturated rings. The van der Waals surface area contributed by atoms with Crippen LogP contribution in [0.3, 0.4) is 0 Å². The molecule has 1 atom stereocenters. The number of hydrogen-bond acceptors (Lipinski definition) is 3. The highest BCUT2D eigenvalue weighted by atomic mass is 19.1. The first-order chi connectivity index (χ1) is 9.10. The Morgan fingerprint density at radius 1 is 1.16 bits per heavy atom. The molecule has 0 aromatic heterocycles. The maximum atomic E-state index is 13.4.